The van der Waals surface area contributed by atoms with E-state index < -0.39 is 5.76 Å². The first-order valence-corrected chi connectivity index (χ1v) is 7.21. The number of rotatable bonds is 4. The van der Waals surface area contributed by atoms with Gasteiger partial charge in [-0.05, 0) is 12.1 Å². The van der Waals surface area contributed by atoms with E-state index >= 15 is 0 Å². The van der Waals surface area contributed by atoms with Gasteiger partial charge >= 0.3 is 5.76 Å². The Kier molecular flexibility index (Phi) is 3.79. The molecule has 0 aliphatic rings. The molecule has 3 heterocycles. The Labute approximate surface area is 128 Å². The molecular formula is C13H11N5O3S. The van der Waals surface area contributed by atoms with Gasteiger partial charge in [0.2, 0.25) is 11.7 Å². The van der Waals surface area contributed by atoms with E-state index in [0.29, 0.717) is 22.3 Å². The van der Waals surface area contributed by atoms with E-state index in [2.05, 4.69) is 20.4 Å². The Hall–Kier alpha value is -2.81. The van der Waals surface area contributed by atoms with Crippen LogP contribution >= 0.6 is 11.3 Å². The summed E-state index contributed by atoms with van der Waals surface area (Å²) in [6.45, 7) is 1.59. The lowest BCUT2D eigenvalue weighted by molar-refractivity contribution is -0.114. The summed E-state index contributed by atoms with van der Waals surface area (Å²) < 4.78 is 6.06. The maximum absolute atomic E-state index is 11.8. The van der Waals surface area contributed by atoms with Gasteiger partial charge in [-0.3, -0.25) is 14.3 Å². The molecule has 3 aromatic heterocycles. The van der Waals surface area contributed by atoms with Gasteiger partial charge in [-0.25, -0.2) is 14.3 Å². The van der Waals surface area contributed by atoms with Crippen molar-refractivity contribution in [2.24, 2.45) is 0 Å². The highest BCUT2D eigenvalue weighted by Crippen LogP contribution is 2.18. The Balaban J connectivity index is 1.90. The number of hydrogen-bond donors (Lipinski definition) is 1. The summed E-state index contributed by atoms with van der Waals surface area (Å²) in [7, 11) is 0. The van der Waals surface area contributed by atoms with Gasteiger partial charge < -0.3 is 5.32 Å². The van der Waals surface area contributed by atoms with Crippen LogP contribution in [0.15, 0.2) is 39.1 Å². The van der Waals surface area contributed by atoms with Crippen molar-refractivity contribution in [3.8, 4) is 11.5 Å². The standard InChI is InChI=1S/C13H11N5O3S/c1-8(19)15-12-16-9(7-22-12)6-18-11(17-21-13(18)20)10-4-2-3-5-14-10/h2-5,7H,6H2,1H3,(H,15,16,19). The Morgan fingerprint density at radius 3 is 3.05 bits per heavy atom. The molecule has 0 aromatic carbocycles. The molecule has 3 rings (SSSR count). The molecule has 1 N–H and O–H groups in total. The number of pyridine rings is 1. The predicted molar refractivity (Wildman–Crippen MR) is 79.5 cm³/mol. The van der Waals surface area contributed by atoms with Gasteiger partial charge in [-0.2, -0.15) is 0 Å². The SMILES string of the molecule is CC(=O)Nc1nc(Cn2c(-c3ccccn3)noc2=O)cs1. The van der Waals surface area contributed by atoms with E-state index in [9.17, 15) is 9.59 Å². The van der Waals surface area contributed by atoms with Crippen LogP contribution in [0, 0.1) is 0 Å². The maximum Gasteiger partial charge on any atom is 0.442 e. The molecule has 0 bridgehead atoms. The second-order valence-electron chi connectivity index (χ2n) is 4.40. The zero-order chi connectivity index (χ0) is 15.5. The number of aromatic nitrogens is 4. The third kappa shape index (κ3) is 2.93. The molecule has 1 amide bonds. The van der Waals surface area contributed by atoms with Gasteiger partial charge in [0.25, 0.3) is 0 Å². The number of carbonyl (C=O) groups excluding carboxylic acids is 1. The second-order valence-corrected chi connectivity index (χ2v) is 5.26. The van der Waals surface area contributed by atoms with Crippen LogP contribution in [0.4, 0.5) is 5.13 Å². The average molecular weight is 317 g/mol. The number of nitrogens with zero attached hydrogens (tertiary/aromatic N) is 4. The average Bonchev–Trinajstić information content (AvgIpc) is 3.08. The van der Waals surface area contributed by atoms with Crippen LogP contribution in [-0.4, -0.2) is 25.6 Å². The number of nitrogens with one attached hydrogen (secondary N) is 1. The lowest BCUT2D eigenvalue weighted by Crippen LogP contribution is -2.17. The topological polar surface area (TPSA) is 103 Å². The zero-order valence-electron chi connectivity index (χ0n) is 11.5. The van der Waals surface area contributed by atoms with E-state index in [-0.39, 0.29) is 12.5 Å². The molecule has 0 atom stereocenters. The summed E-state index contributed by atoms with van der Waals surface area (Å²) in [5, 5.41) is 8.59. The van der Waals surface area contributed by atoms with E-state index in [1.165, 1.54) is 22.8 Å². The minimum atomic E-state index is -0.588. The highest BCUT2D eigenvalue weighted by Gasteiger charge is 2.15. The monoisotopic (exact) mass is 317 g/mol. The fourth-order valence-corrected chi connectivity index (χ4v) is 2.58. The number of hydrogen-bond acceptors (Lipinski definition) is 7. The van der Waals surface area contributed by atoms with Crippen LogP contribution in [0.2, 0.25) is 0 Å². The lowest BCUT2D eigenvalue weighted by atomic mass is 10.3. The molecule has 9 heteroatoms. The van der Waals surface area contributed by atoms with Gasteiger partial charge in [0.15, 0.2) is 5.13 Å². The van der Waals surface area contributed by atoms with Crippen molar-refractivity contribution >= 4 is 22.4 Å². The first-order valence-electron chi connectivity index (χ1n) is 6.33. The number of amides is 1. The third-order valence-electron chi connectivity index (χ3n) is 2.74. The first kappa shape index (κ1) is 14.1. The third-order valence-corrected chi connectivity index (χ3v) is 3.54. The number of thiazole rings is 1. The fraction of sp³-hybridized carbons (Fsp3) is 0.154. The van der Waals surface area contributed by atoms with Crippen molar-refractivity contribution in [3.63, 3.8) is 0 Å². The Bertz CT molecular complexity index is 852. The van der Waals surface area contributed by atoms with E-state index in [0.717, 1.165) is 0 Å². The van der Waals surface area contributed by atoms with Crippen LogP contribution in [0.5, 0.6) is 0 Å². The molecule has 0 spiro atoms. The van der Waals surface area contributed by atoms with Gasteiger partial charge in [0, 0.05) is 18.5 Å². The number of carbonyl (C=O) groups is 1. The number of anilines is 1. The summed E-state index contributed by atoms with van der Waals surface area (Å²) >= 11 is 1.28. The molecule has 112 valence electrons. The molecular weight excluding hydrogens is 306 g/mol. The predicted octanol–water partition coefficient (Wildman–Crippen LogP) is 1.36. The van der Waals surface area contributed by atoms with Gasteiger partial charge in [0.05, 0.1) is 12.2 Å². The summed E-state index contributed by atoms with van der Waals surface area (Å²) in [5.74, 6) is -0.452. The van der Waals surface area contributed by atoms with Crippen LogP contribution in [0.3, 0.4) is 0 Å². The fourth-order valence-electron chi connectivity index (χ4n) is 1.84. The first-order chi connectivity index (χ1) is 10.6. The highest BCUT2D eigenvalue weighted by atomic mass is 32.1. The van der Waals surface area contributed by atoms with E-state index in [1.807, 2.05) is 0 Å². The Morgan fingerprint density at radius 1 is 1.45 bits per heavy atom. The molecule has 0 aliphatic carbocycles. The van der Waals surface area contributed by atoms with Crippen molar-refractivity contribution in [1.29, 1.82) is 0 Å². The van der Waals surface area contributed by atoms with Gasteiger partial charge in [-0.1, -0.05) is 11.2 Å². The lowest BCUT2D eigenvalue weighted by Gasteiger charge is -2.01. The van der Waals surface area contributed by atoms with Crippen molar-refractivity contribution in [1.82, 2.24) is 19.7 Å². The minimum absolute atomic E-state index is 0.185. The van der Waals surface area contributed by atoms with Gasteiger partial charge in [-0.15, -0.1) is 11.3 Å². The molecule has 0 saturated heterocycles. The highest BCUT2D eigenvalue weighted by molar-refractivity contribution is 7.13. The summed E-state index contributed by atoms with van der Waals surface area (Å²) in [6, 6.07) is 5.30. The van der Waals surface area contributed by atoms with E-state index in [1.54, 1.807) is 29.8 Å². The molecule has 8 nitrogen and oxygen atoms in total. The maximum atomic E-state index is 11.8. The van der Waals surface area contributed by atoms with Crippen molar-refractivity contribution in [2.45, 2.75) is 13.5 Å². The van der Waals surface area contributed by atoms with Crippen molar-refractivity contribution in [3.05, 3.63) is 46.0 Å². The smallest absolute Gasteiger partial charge is 0.302 e. The molecule has 0 unspecified atom stereocenters. The van der Waals surface area contributed by atoms with Crippen LogP contribution in [0.25, 0.3) is 11.5 Å². The van der Waals surface area contributed by atoms with Crippen LogP contribution in [0.1, 0.15) is 12.6 Å². The largest absolute Gasteiger partial charge is 0.442 e. The second kappa shape index (κ2) is 5.90. The zero-order valence-corrected chi connectivity index (χ0v) is 12.3. The summed E-state index contributed by atoms with van der Waals surface area (Å²) in [5.41, 5.74) is 1.15. The molecule has 0 radical (unpaired) electrons. The van der Waals surface area contributed by atoms with Crippen molar-refractivity contribution in [2.75, 3.05) is 5.32 Å². The summed E-state index contributed by atoms with van der Waals surface area (Å²) in [6.07, 6.45) is 1.61. The normalized spacial score (nSPS) is 10.6. The Morgan fingerprint density at radius 2 is 2.32 bits per heavy atom. The van der Waals surface area contributed by atoms with Crippen molar-refractivity contribution < 1.29 is 9.32 Å². The minimum Gasteiger partial charge on any atom is -0.302 e. The molecule has 3 aromatic rings. The quantitative estimate of drug-likeness (QED) is 0.779. The van der Waals surface area contributed by atoms with E-state index in [4.69, 9.17) is 4.52 Å². The molecule has 22 heavy (non-hydrogen) atoms. The molecule has 0 fully saturated rings. The molecule has 0 aliphatic heterocycles. The van der Waals surface area contributed by atoms with Crippen LogP contribution < -0.4 is 11.1 Å². The van der Waals surface area contributed by atoms with Crippen LogP contribution in [-0.2, 0) is 11.3 Å². The summed E-state index contributed by atoms with van der Waals surface area (Å²) in [4.78, 5) is 31.2. The van der Waals surface area contributed by atoms with Gasteiger partial charge in [0.1, 0.15) is 5.69 Å². The molecule has 0 saturated carbocycles.